The number of anilines is 1. The van der Waals surface area contributed by atoms with Crippen molar-refractivity contribution in [2.75, 3.05) is 12.3 Å². The molecule has 7 heteroatoms. The number of carbonyl (C=O) groups is 1. The molecular formula is C9H11N5O2. The zero-order chi connectivity index (χ0) is 11.7. The van der Waals surface area contributed by atoms with Crippen LogP contribution in [0, 0.1) is 6.92 Å². The molecule has 0 aromatic carbocycles. The lowest BCUT2D eigenvalue weighted by Gasteiger charge is -2.08. The first-order valence-electron chi connectivity index (χ1n) is 4.78. The van der Waals surface area contributed by atoms with Crippen molar-refractivity contribution in [3.8, 4) is 0 Å². The fraction of sp³-hybridized carbons (Fsp3) is 0.333. The largest absolute Gasteiger partial charge is 0.462 e. The smallest absolute Gasteiger partial charge is 0.343 e. The number of rotatable bonds is 2. The minimum absolute atomic E-state index is 0.193. The summed E-state index contributed by atoms with van der Waals surface area (Å²) in [5.74, 6) is 0.0592. The Kier molecular flexibility index (Phi) is 2.43. The van der Waals surface area contributed by atoms with Gasteiger partial charge in [0.1, 0.15) is 17.7 Å². The van der Waals surface area contributed by atoms with Crippen molar-refractivity contribution >= 4 is 17.6 Å². The van der Waals surface area contributed by atoms with Crippen LogP contribution in [0.15, 0.2) is 6.33 Å². The summed E-state index contributed by atoms with van der Waals surface area (Å²) in [4.78, 5) is 19.7. The molecule has 0 unspecified atom stereocenters. The Balaban J connectivity index is 2.63. The molecule has 0 saturated carbocycles. The highest BCUT2D eigenvalue weighted by atomic mass is 16.5. The molecule has 0 aliphatic heterocycles. The number of nitrogens with two attached hydrogens (primary N) is 1. The van der Waals surface area contributed by atoms with E-state index >= 15 is 0 Å². The van der Waals surface area contributed by atoms with Gasteiger partial charge in [-0.2, -0.15) is 14.6 Å². The zero-order valence-electron chi connectivity index (χ0n) is 8.97. The predicted octanol–water partition coefficient (Wildman–Crippen LogP) is 0.192. The molecule has 0 atom stereocenters. The molecule has 2 aromatic rings. The van der Waals surface area contributed by atoms with E-state index in [1.807, 2.05) is 0 Å². The van der Waals surface area contributed by atoms with Gasteiger partial charge in [0.15, 0.2) is 0 Å². The number of hydrogen-bond donors (Lipinski definition) is 1. The first-order valence-corrected chi connectivity index (χ1v) is 4.78. The normalized spacial score (nSPS) is 10.6. The number of nitrogen functional groups attached to an aromatic ring is 1. The van der Waals surface area contributed by atoms with Crippen molar-refractivity contribution in [1.29, 1.82) is 0 Å². The molecule has 0 amide bonds. The standard InChI is InChI=1S/C9H11N5O2/c1-3-16-8(15)6-5(2)13-9-11-4-12-14(9)7(6)10/h4H,3,10H2,1-2H3. The third-order valence-electron chi connectivity index (χ3n) is 2.12. The number of fused-ring (bicyclic) bond motifs is 1. The van der Waals surface area contributed by atoms with Crippen molar-refractivity contribution in [3.05, 3.63) is 17.6 Å². The summed E-state index contributed by atoms with van der Waals surface area (Å²) in [6.07, 6.45) is 1.33. The van der Waals surface area contributed by atoms with Crippen LogP contribution in [0.1, 0.15) is 23.0 Å². The molecule has 2 rings (SSSR count). The van der Waals surface area contributed by atoms with Crippen LogP contribution in [-0.2, 0) is 4.74 Å². The quantitative estimate of drug-likeness (QED) is 0.727. The van der Waals surface area contributed by atoms with Crippen LogP contribution in [0.3, 0.4) is 0 Å². The first-order chi connectivity index (χ1) is 7.65. The van der Waals surface area contributed by atoms with Crippen molar-refractivity contribution < 1.29 is 9.53 Å². The minimum atomic E-state index is -0.498. The fourth-order valence-corrected chi connectivity index (χ4v) is 1.43. The minimum Gasteiger partial charge on any atom is -0.462 e. The maximum atomic E-state index is 11.6. The first kappa shape index (κ1) is 10.3. The summed E-state index contributed by atoms with van der Waals surface area (Å²) in [7, 11) is 0. The summed E-state index contributed by atoms with van der Waals surface area (Å²) in [6, 6.07) is 0. The summed E-state index contributed by atoms with van der Waals surface area (Å²) in [5, 5.41) is 3.87. The maximum Gasteiger partial charge on any atom is 0.343 e. The van der Waals surface area contributed by atoms with Crippen LogP contribution in [-0.4, -0.2) is 32.2 Å². The van der Waals surface area contributed by atoms with E-state index in [1.54, 1.807) is 13.8 Å². The van der Waals surface area contributed by atoms with Crippen molar-refractivity contribution in [2.45, 2.75) is 13.8 Å². The lowest BCUT2D eigenvalue weighted by atomic mass is 10.2. The summed E-state index contributed by atoms with van der Waals surface area (Å²) < 4.78 is 6.20. The van der Waals surface area contributed by atoms with E-state index in [0.717, 1.165) is 0 Å². The number of esters is 1. The number of aromatic nitrogens is 4. The van der Waals surface area contributed by atoms with Gasteiger partial charge < -0.3 is 10.5 Å². The summed E-state index contributed by atoms with van der Waals surface area (Å²) in [6.45, 7) is 3.69. The average Bonchev–Trinajstić information content (AvgIpc) is 2.66. The van der Waals surface area contributed by atoms with Crippen LogP contribution < -0.4 is 5.73 Å². The lowest BCUT2D eigenvalue weighted by molar-refractivity contribution is 0.0525. The van der Waals surface area contributed by atoms with Crippen molar-refractivity contribution in [2.24, 2.45) is 0 Å². The third kappa shape index (κ3) is 1.46. The summed E-state index contributed by atoms with van der Waals surface area (Å²) >= 11 is 0. The highest BCUT2D eigenvalue weighted by molar-refractivity contribution is 5.95. The molecule has 7 nitrogen and oxygen atoms in total. The number of carbonyl (C=O) groups excluding carboxylic acids is 1. The van der Waals surface area contributed by atoms with E-state index in [0.29, 0.717) is 11.5 Å². The molecule has 0 saturated heterocycles. The second-order valence-electron chi connectivity index (χ2n) is 3.15. The van der Waals surface area contributed by atoms with Crippen LogP contribution in [0.4, 0.5) is 5.82 Å². The molecule has 0 spiro atoms. The second kappa shape index (κ2) is 3.76. The number of hydrogen-bond acceptors (Lipinski definition) is 6. The Morgan fingerprint density at radius 2 is 2.38 bits per heavy atom. The molecule has 0 aliphatic rings. The molecular weight excluding hydrogens is 210 g/mol. The Morgan fingerprint density at radius 1 is 1.62 bits per heavy atom. The molecule has 84 valence electrons. The zero-order valence-corrected chi connectivity index (χ0v) is 8.97. The molecule has 2 aromatic heterocycles. The Bertz CT molecular complexity index is 548. The van der Waals surface area contributed by atoms with E-state index in [9.17, 15) is 4.79 Å². The molecule has 0 fully saturated rings. The molecule has 0 aliphatic carbocycles. The van der Waals surface area contributed by atoms with E-state index in [4.69, 9.17) is 10.5 Å². The van der Waals surface area contributed by atoms with Gasteiger partial charge in [-0.05, 0) is 13.8 Å². The molecule has 16 heavy (non-hydrogen) atoms. The van der Waals surface area contributed by atoms with Gasteiger partial charge in [0.25, 0.3) is 5.78 Å². The van der Waals surface area contributed by atoms with Gasteiger partial charge in [-0.3, -0.25) is 0 Å². The fourth-order valence-electron chi connectivity index (χ4n) is 1.43. The van der Waals surface area contributed by atoms with Crippen LogP contribution in [0.5, 0.6) is 0 Å². The third-order valence-corrected chi connectivity index (χ3v) is 2.12. The van der Waals surface area contributed by atoms with E-state index in [1.165, 1.54) is 10.8 Å². The highest BCUT2D eigenvalue weighted by Gasteiger charge is 2.19. The van der Waals surface area contributed by atoms with Crippen LogP contribution >= 0.6 is 0 Å². The van der Waals surface area contributed by atoms with Crippen molar-refractivity contribution in [3.63, 3.8) is 0 Å². The van der Waals surface area contributed by atoms with Crippen LogP contribution in [0.25, 0.3) is 5.78 Å². The molecule has 0 bridgehead atoms. The van der Waals surface area contributed by atoms with Gasteiger partial charge in [0.05, 0.1) is 12.3 Å². The highest BCUT2D eigenvalue weighted by Crippen LogP contribution is 2.16. The lowest BCUT2D eigenvalue weighted by Crippen LogP contribution is -2.15. The molecule has 0 radical (unpaired) electrons. The van der Waals surface area contributed by atoms with Crippen molar-refractivity contribution in [1.82, 2.24) is 19.6 Å². The van der Waals surface area contributed by atoms with Gasteiger partial charge in [0.2, 0.25) is 0 Å². The number of nitrogens with zero attached hydrogens (tertiary/aromatic N) is 4. The summed E-state index contributed by atoms with van der Waals surface area (Å²) in [5.41, 5.74) is 6.53. The predicted molar refractivity (Wildman–Crippen MR) is 55.9 cm³/mol. The molecule has 2 N–H and O–H groups in total. The Morgan fingerprint density at radius 3 is 3.06 bits per heavy atom. The van der Waals surface area contributed by atoms with Gasteiger partial charge in [-0.25, -0.2) is 9.78 Å². The van der Waals surface area contributed by atoms with Gasteiger partial charge in [-0.15, -0.1) is 0 Å². The maximum absolute atomic E-state index is 11.6. The van der Waals surface area contributed by atoms with E-state index < -0.39 is 5.97 Å². The van der Waals surface area contributed by atoms with E-state index in [2.05, 4.69) is 15.1 Å². The van der Waals surface area contributed by atoms with Gasteiger partial charge in [-0.1, -0.05) is 0 Å². The SMILES string of the molecule is CCOC(=O)c1c(C)nc2ncnn2c1N. The van der Waals surface area contributed by atoms with Gasteiger partial charge in [0, 0.05) is 0 Å². The Labute approximate surface area is 91.3 Å². The van der Waals surface area contributed by atoms with Crippen LogP contribution in [0.2, 0.25) is 0 Å². The topological polar surface area (TPSA) is 95.4 Å². The number of aryl methyl sites for hydroxylation is 1. The van der Waals surface area contributed by atoms with E-state index in [-0.39, 0.29) is 18.0 Å². The average molecular weight is 221 g/mol. The Hall–Kier alpha value is -2.18. The van der Waals surface area contributed by atoms with Gasteiger partial charge >= 0.3 is 5.97 Å². The number of ether oxygens (including phenoxy) is 1. The monoisotopic (exact) mass is 221 g/mol. The molecule has 2 heterocycles. The second-order valence-corrected chi connectivity index (χ2v) is 3.15.